The fourth-order valence-corrected chi connectivity index (χ4v) is 6.14. The van der Waals surface area contributed by atoms with Crippen LogP contribution in [0.4, 0.5) is 11.6 Å². The van der Waals surface area contributed by atoms with E-state index >= 15 is 0 Å². The second kappa shape index (κ2) is 8.49. The van der Waals surface area contributed by atoms with E-state index in [0.29, 0.717) is 0 Å². The Kier molecular flexibility index (Phi) is 5.31. The van der Waals surface area contributed by atoms with Gasteiger partial charge in [-0.1, -0.05) is 30.3 Å². The average Bonchev–Trinajstić information content (AvgIpc) is 3.17. The van der Waals surface area contributed by atoms with Crippen LogP contribution in [-0.4, -0.2) is 36.7 Å². The monoisotopic (exact) mass is 456 g/mol. The van der Waals surface area contributed by atoms with Gasteiger partial charge in [0.15, 0.2) is 0 Å². The SMILES string of the molecule is COc1ccc(CN2CC3(CCN(c4nc5c(c(=O)[nH]4)CCCC5)CC3)c3ccccc32)cc1. The van der Waals surface area contributed by atoms with Gasteiger partial charge in [-0.2, -0.15) is 0 Å². The van der Waals surface area contributed by atoms with E-state index in [9.17, 15) is 4.79 Å². The van der Waals surface area contributed by atoms with Gasteiger partial charge in [-0.25, -0.2) is 4.98 Å². The van der Waals surface area contributed by atoms with Crippen LogP contribution in [0.5, 0.6) is 5.75 Å². The molecule has 0 unspecified atom stereocenters. The lowest BCUT2D eigenvalue weighted by Crippen LogP contribution is -2.46. The summed E-state index contributed by atoms with van der Waals surface area (Å²) in [6.07, 6.45) is 6.13. The number of piperidine rings is 1. The van der Waals surface area contributed by atoms with Crippen LogP contribution < -0.4 is 20.1 Å². The van der Waals surface area contributed by atoms with Gasteiger partial charge in [0.25, 0.3) is 5.56 Å². The number of fused-ring (bicyclic) bond motifs is 3. The molecule has 6 heteroatoms. The Balaban J connectivity index is 1.22. The van der Waals surface area contributed by atoms with Gasteiger partial charge in [-0.15, -0.1) is 0 Å². The molecule has 1 N–H and O–H groups in total. The van der Waals surface area contributed by atoms with Gasteiger partial charge >= 0.3 is 0 Å². The fourth-order valence-electron chi connectivity index (χ4n) is 6.14. The van der Waals surface area contributed by atoms with E-state index in [1.54, 1.807) is 7.11 Å². The van der Waals surface area contributed by atoms with Gasteiger partial charge in [-0.3, -0.25) is 9.78 Å². The smallest absolute Gasteiger partial charge is 0.255 e. The number of H-pyrrole nitrogens is 1. The lowest BCUT2D eigenvalue weighted by molar-refractivity contribution is 0.347. The molecule has 0 bridgehead atoms. The van der Waals surface area contributed by atoms with Gasteiger partial charge in [0, 0.05) is 42.8 Å². The number of aryl methyl sites for hydroxylation is 1. The number of anilines is 2. The van der Waals surface area contributed by atoms with Crippen LogP contribution in [0, 0.1) is 0 Å². The van der Waals surface area contributed by atoms with Gasteiger partial charge in [0.1, 0.15) is 5.75 Å². The first-order valence-electron chi connectivity index (χ1n) is 12.5. The molecule has 0 atom stereocenters. The molecule has 1 spiro atoms. The molecule has 34 heavy (non-hydrogen) atoms. The van der Waals surface area contributed by atoms with Crippen molar-refractivity contribution in [2.75, 3.05) is 36.5 Å². The number of nitrogens with one attached hydrogen (secondary N) is 1. The van der Waals surface area contributed by atoms with Crippen molar-refractivity contribution in [3.63, 3.8) is 0 Å². The molecule has 2 aromatic carbocycles. The topological polar surface area (TPSA) is 61.5 Å². The Labute approximate surface area is 200 Å². The van der Waals surface area contributed by atoms with Gasteiger partial charge in [0.2, 0.25) is 5.95 Å². The predicted molar refractivity (Wildman–Crippen MR) is 135 cm³/mol. The Hall–Kier alpha value is -3.28. The van der Waals surface area contributed by atoms with Crippen LogP contribution in [0.15, 0.2) is 53.3 Å². The molecule has 0 saturated carbocycles. The number of hydrogen-bond donors (Lipinski definition) is 1. The minimum Gasteiger partial charge on any atom is -0.497 e. The van der Waals surface area contributed by atoms with Crippen molar-refractivity contribution in [2.45, 2.75) is 50.5 Å². The predicted octanol–water partition coefficient (Wildman–Crippen LogP) is 4.22. The number of nitrogens with zero attached hydrogens (tertiary/aromatic N) is 3. The third kappa shape index (κ3) is 3.65. The number of aromatic amines is 1. The van der Waals surface area contributed by atoms with Gasteiger partial charge in [-0.05, 0) is 67.9 Å². The number of hydrogen-bond acceptors (Lipinski definition) is 5. The lowest BCUT2D eigenvalue weighted by atomic mass is 9.74. The normalized spacial score (nSPS) is 18.6. The minimum absolute atomic E-state index is 0.0665. The van der Waals surface area contributed by atoms with Crippen molar-refractivity contribution in [3.05, 3.63) is 81.3 Å². The standard InChI is InChI=1S/C28H32N4O2/c1-34-21-12-10-20(11-13-21)18-32-19-28(23-7-3-5-9-25(23)32)14-16-31(17-15-28)27-29-24-8-4-2-6-22(24)26(33)30-27/h3,5,7,9-13H,2,4,6,8,14-19H2,1H3,(H,29,30,33). The summed E-state index contributed by atoms with van der Waals surface area (Å²) in [5, 5.41) is 0. The van der Waals surface area contributed by atoms with E-state index in [4.69, 9.17) is 9.72 Å². The molecule has 3 aromatic rings. The maximum absolute atomic E-state index is 12.7. The number of aromatic nitrogens is 2. The second-order valence-electron chi connectivity index (χ2n) is 10.0. The van der Waals surface area contributed by atoms with Crippen LogP contribution in [0.2, 0.25) is 0 Å². The first kappa shape index (κ1) is 21.3. The molecule has 1 aromatic heterocycles. The highest BCUT2D eigenvalue weighted by Gasteiger charge is 2.44. The van der Waals surface area contributed by atoms with E-state index in [0.717, 1.165) is 87.7 Å². The Morgan fingerprint density at radius 3 is 2.59 bits per heavy atom. The average molecular weight is 457 g/mol. The van der Waals surface area contributed by atoms with E-state index in [1.807, 2.05) is 12.1 Å². The molecule has 0 radical (unpaired) electrons. The Morgan fingerprint density at radius 2 is 1.79 bits per heavy atom. The zero-order valence-corrected chi connectivity index (χ0v) is 19.8. The first-order valence-corrected chi connectivity index (χ1v) is 12.5. The molecule has 6 rings (SSSR count). The molecule has 3 heterocycles. The van der Waals surface area contributed by atoms with Crippen LogP contribution in [0.25, 0.3) is 0 Å². The molecular formula is C28H32N4O2. The van der Waals surface area contributed by atoms with Crippen LogP contribution >= 0.6 is 0 Å². The van der Waals surface area contributed by atoms with Crippen molar-refractivity contribution >= 4 is 11.6 Å². The van der Waals surface area contributed by atoms with Crippen molar-refractivity contribution < 1.29 is 4.74 Å². The fraction of sp³-hybridized carbons (Fsp3) is 0.429. The van der Waals surface area contributed by atoms with Gasteiger partial charge < -0.3 is 14.5 Å². The maximum atomic E-state index is 12.7. The summed E-state index contributed by atoms with van der Waals surface area (Å²) in [4.78, 5) is 25.5. The van der Waals surface area contributed by atoms with Crippen molar-refractivity contribution in [2.24, 2.45) is 0 Å². The van der Waals surface area contributed by atoms with Crippen LogP contribution in [-0.2, 0) is 24.8 Å². The Morgan fingerprint density at radius 1 is 1.03 bits per heavy atom. The third-order valence-electron chi connectivity index (χ3n) is 8.04. The molecule has 6 nitrogen and oxygen atoms in total. The van der Waals surface area contributed by atoms with Gasteiger partial charge in [0.05, 0.1) is 12.8 Å². The molecular weight excluding hydrogens is 424 g/mol. The number of ether oxygens (including phenoxy) is 1. The summed E-state index contributed by atoms with van der Waals surface area (Å²) in [6, 6.07) is 17.3. The zero-order chi connectivity index (χ0) is 23.1. The van der Waals surface area contributed by atoms with E-state index < -0.39 is 0 Å². The summed E-state index contributed by atoms with van der Waals surface area (Å²) in [7, 11) is 1.71. The quantitative estimate of drug-likeness (QED) is 0.637. The lowest BCUT2D eigenvalue weighted by Gasteiger charge is -2.40. The van der Waals surface area contributed by atoms with E-state index in [2.05, 4.69) is 51.2 Å². The molecule has 1 aliphatic carbocycles. The largest absolute Gasteiger partial charge is 0.497 e. The van der Waals surface area contributed by atoms with E-state index in [1.165, 1.54) is 16.8 Å². The summed E-state index contributed by atoms with van der Waals surface area (Å²) in [6.45, 7) is 3.74. The Bertz CT molecular complexity index is 1240. The summed E-state index contributed by atoms with van der Waals surface area (Å²) < 4.78 is 5.32. The van der Waals surface area contributed by atoms with Crippen LogP contribution in [0.3, 0.4) is 0 Å². The molecule has 0 amide bonds. The molecule has 1 saturated heterocycles. The maximum Gasteiger partial charge on any atom is 0.255 e. The molecule has 1 fully saturated rings. The molecule has 176 valence electrons. The third-order valence-corrected chi connectivity index (χ3v) is 8.04. The minimum atomic E-state index is 0.0665. The highest BCUT2D eigenvalue weighted by atomic mass is 16.5. The number of methoxy groups -OCH3 is 1. The van der Waals surface area contributed by atoms with Crippen LogP contribution in [0.1, 0.15) is 48.1 Å². The summed E-state index contributed by atoms with van der Waals surface area (Å²) in [5.74, 6) is 1.66. The van der Waals surface area contributed by atoms with Crippen molar-refractivity contribution in [3.8, 4) is 5.75 Å². The molecule has 3 aliphatic rings. The van der Waals surface area contributed by atoms with Crippen molar-refractivity contribution in [1.82, 2.24) is 9.97 Å². The zero-order valence-electron chi connectivity index (χ0n) is 19.8. The summed E-state index contributed by atoms with van der Waals surface area (Å²) >= 11 is 0. The highest BCUT2D eigenvalue weighted by molar-refractivity contribution is 5.63. The second-order valence-corrected chi connectivity index (χ2v) is 10.0. The number of benzene rings is 2. The summed E-state index contributed by atoms with van der Waals surface area (Å²) in [5.41, 5.74) is 6.25. The highest BCUT2D eigenvalue weighted by Crippen LogP contribution is 2.47. The number of para-hydroxylation sites is 1. The number of rotatable bonds is 4. The van der Waals surface area contributed by atoms with E-state index in [-0.39, 0.29) is 11.0 Å². The molecule has 2 aliphatic heterocycles. The first-order chi connectivity index (χ1) is 16.6. The van der Waals surface area contributed by atoms with Crippen molar-refractivity contribution in [1.29, 1.82) is 0 Å².